The molecule has 0 spiro atoms. The van der Waals surface area contributed by atoms with E-state index in [1.54, 1.807) is 45.0 Å². The summed E-state index contributed by atoms with van der Waals surface area (Å²) in [6.45, 7) is 5.05. The summed E-state index contributed by atoms with van der Waals surface area (Å²) in [5.41, 5.74) is -0.564. The molecule has 28 heavy (non-hydrogen) atoms. The van der Waals surface area contributed by atoms with Gasteiger partial charge in [0.25, 0.3) is 5.91 Å². The van der Waals surface area contributed by atoms with Crippen molar-refractivity contribution in [2.75, 3.05) is 4.90 Å². The zero-order valence-electron chi connectivity index (χ0n) is 15.5. The minimum atomic E-state index is -1.01. The molecule has 1 amide bonds. The molecule has 0 saturated carbocycles. The number of hydrogen-bond acceptors (Lipinski definition) is 3. The number of amides is 1. The van der Waals surface area contributed by atoms with Crippen LogP contribution >= 0.6 is 23.2 Å². The molecule has 1 atom stereocenters. The van der Waals surface area contributed by atoms with Crippen LogP contribution in [0.1, 0.15) is 32.4 Å². The number of hydrogen-bond donors (Lipinski definition) is 1. The Bertz CT molecular complexity index is 994. The summed E-state index contributed by atoms with van der Waals surface area (Å²) in [6, 6.07) is 9.67. The predicted molar refractivity (Wildman–Crippen MR) is 107 cm³/mol. The number of aliphatic hydroxyl groups excluding tert-OH is 1. The molecular weight excluding hydrogens is 404 g/mol. The standard InChI is InChI=1S/C21H18Cl2FNO3/c1-21(2,3)19(27)15-17(11-7-9-12(22)10-8-11)25(20(28)18(15)26)14-6-4-5-13(23)16(14)24/h4-10,17,26H,1-3H3. The highest BCUT2D eigenvalue weighted by atomic mass is 35.5. The monoisotopic (exact) mass is 421 g/mol. The van der Waals surface area contributed by atoms with Crippen LogP contribution in [-0.4, -0.2) is 16.8 Å². The van der Waals surface area contributed by atoms with E-state index in [-0.39, 0.29) is 16.3 Å². The first-order valence-corrected chi connectivity index (χ1v) is 9.30. The van der Waals surface area contributed by atoms with Gasteiger partial charge >= 0.3 is 0 Å². The van der Waals surface area contributed by atoms with Crippen molar-refractivity contribution in [3.63, 3.8) is 0 Å². The van der Waals surface area contributed by atoms with Crippen molar-refractivity contribution < 1.29 is 19.1 Å². The van der Waals surface area contributed by atoms with Crippen LogP contribution < -0.4 is 4.90 Å². The van der Waals surface area contributed by atoms with Gasteiger partial charge in [0.1, 0.15) is 0 Å². The Morgan fingerprint density at radius 2 is 1.71 bits per heavy atom. The highest BCUT2D eigenvalue weighted by molar-refractivity contribution is 6.31. The van der Waals surface area contributed by atoms with Crippen LogP contribution in [-0.2, 0) is 9.59 Å². The van der Waals surface area contributed by atoms with Crippen molar-refractivity contribution in [3.05, 3.63) is 75.2 Å². The van der Waals surface area contributed by atoms with Gasteiger partial charge < -0.3 is 5.11 Å². The zero-order valence-corrected chi connectivity index (χ0v) is 17.0. The van der Waals surface area contributed by atoms with Crippen molar-refractivity contribution in [1.82, 2.24) is 0 Å². The molecule has 2 aromatic rings. The molecule has 1 aliphatic rings. The molecule has 146 valence electrons. The van der Waals surface area contributed by atoms with Crippen LogP contribution in [0.5, 0.6) is 0 Å². The summed E-state index contributed by atoms with van der Waals surface area (Å²) in [5, 5.41) is 10.8. The molecular formula is C21H18Cl2FNO3. The molecule has 4 nitrogen and oxygen atoms in total. The lowest BCUT2D eigenvalue weighted by molar-refractivity contribution is -0.123. The van der Waals surface area contributed by atoms with Gasteiger partial charge in [-0.2, -0.15) is 0 Å². The highest BCUT2D eigenvalue weighted by Crippen LogP contribution is 2.44. The first kappa shape index (κ1) is 20.4. The molecule has 1 aliphatic heterocycles. The molecule has 1 N–H and O–H groups in total. The number of nitrogens with zero attached hydrogens (tertiary/aromatic N) is 1. The van der Waals surface area contributed by atoms with Crippen molar-refractivity contribution in [2.45, 2.75) is 26.8 Å². The van der Waals surface area contributed by atoms with Gasteiger partial charge in [-0.25, -0.2) is 4.39 Å². The van der Waals surface area contributed by atoms with Gasteiger partial charge in [0.05, 0.1) is 22.3 Å². The average molecular weight is 422 g/mol. The minimum Gasteiger partial charge on any atom is -0.503 e. The molecule has 1 heterocycles. The molecule has 1 unspecified atom stereocenters. The maximum absolute atomic E-state index is 14.7. The van der Waals surface area contributed by atoms with Gasteiger partial charge in [0.2, 0.25) is 0 Å². The number of ketones is 1. The largest absolute Gasteiger partial charge is 0.503 e. The van der Waals surface area contributed by atoms with Gasteiger partial charge in [-0.15, -0.1) is 0 Å². The van der Waals surface area contributed by atoms with Gasteiger partial charge in [-0.05, 0) is 29.8 Å². The predicted octanol–water partition coefficient (Wildman–Crippen LogP) is 5.65. The first-order chi connectivity index (χ1) is 13.0. The Balaban J connectivity index is 2.25. The SMILES string of the molecule is CC(C)(C)C(=O)C1=C(O)C(=O)N(c2cccc(Cl)c2F)C1c1ccc(Cl)cc1. The minimum absolute atomic E-state index is 0.0841. The quantitative estimate of drug-likeness (QED) is 0.696. The molecule has 0 bridgehead atoms. The number of benzene rings is 2. The zero-order chi connectivity index (χ0) is 20.8. The Labute approximate surface area is 172 Å². The van der Waals surface area contributed by atoms with Gasteiger partial charge in [0.15, 0.2) is 17.4 Å². The van der Waals surface area contributed by atoms with Gasteiger partial charge in [-0.1, -0.05) is 62.2 Å². The Hall–Kier alpha value is -2.37. The molecule has 3 rings (SSSR count). The fourth-order valence-corrected chi connectivity index (χ4v) is 3.42. The van der Waals surface area contributed by atoms with Crippen molar-refractivity contribution in [3.8, 4) is 0 Å². The number of anilines is 1. The maximum Gasteiger partial charge on any atom is 0.294 e. The van der Waals surface area contributed by atoms with Gasteiger partial charge in [0, 0.05) is 10.4 Å². The molecule has 7 heteroatoms. The Morgan fingerprint density at radius 3 is 2.29 bits per heavy atom. The summed E-state index contributed by atoms with van der Waals surface area (Å²) >= 11 is 11.8. The Kier molecular flexibility index (Phi) is 5.26. The smallest absolute Gasteiger partial charge is 0.294 e. The molecule has 0 aromatic heterocycles. The summed E-state index contributed by atoms with van der Waals surface area (Å²) in [5.74, 6) is -2.79. The number of rotatable bonds is 3. The van der Waals surface area contributed by atoms with Crippen LogP contribution in [0.4, 0.5) is 10.1 Å². The number of aliphatic hydroxyl groups is 1. The van der Waals surface area contributed by atoms with Crippen LogP contribution in [0, 0.1) is 11.2 Å². The second-order valence-corrected chi connectivity index (χ2v) is 8.39. The third-order valence-corrected chi connectivity index (χ3v) is 5.05. The number of Topliss-reactive ketones (excluding diaryl/α,β-unsaturated/α-hetero) is 1. The number of carbonyl (C=O) groups is 2. The van der Waals surface area contributed by atoms with Crippen molar-refractivity contribution in [2.24, 2.45) is 5.41 Å². The second kappa shape index (κ2) is 7.22. The summed E-state index contributed by atoms with van der Waals surface area (Å²) in [4.78, 5) is 27.0. The molecule has 0 fully saturated rings. The number of carbonyl (C=O) groups excluding carboxylic acids is 2. The van der Waals surface area contributed by atoms with Crippen LogP contribution in [0.2, 0.25) is 10.0 Å². The summed E-state index contributed by atoms with van der Waals surface area (Å²) in [6.07, 6.45) is 0. The third-order valence-electron chi connectivity index (χ3n) is 4.51. The van der Waals surface area contributed by atoms with E-state index < -0.39 is 34.7 Å². The van der Waals surface area contributed by atoms with E-state index in [4.69, 9.17) is 23.2 Å². The highest BCUT2D eigenvalue weighted by Gasteiger charge is 2.47. The lowest BCUT2D eigenvalue weighted by Gasteiger charge is -2.29. The van der Waals surface area contributed by atoms with Gasteiger partial charge in [-0.3, -0.25) is 14.5 Å². The van der Waals surface area contributed by atoms with Crippen molar-refractivity contribution in [1.29, 1.82) is 0 Å². The molecule has 0 aliphatic carbocycles. The Morgan fingerprint density at radius 1 is 1.11 bits per heavy atom. The lowest BCUT2D eigenvalue weighted by Crippen LogP contribution is -2.33. The summed E-state index contributed by atoms with van der Waals surface area (Å²) in [7, 11) is 0. The van der Waals surface area contributed by atoms with Crippen molar-refractivity contribution >= 4 is 40.6 Å². The normalized spacial score (nSPS) is 17.4. The fourth-order valence-electron chi connectivity index (χ4n) is 3.13. The number of halogens is 3. The second-order valence-electron chi connectivity index (χ2n) is 7.54. The fraction of sp³-hybridized carbons (Fsp3) is 0.238. The maximum atomic E-state index is 14.7. The van der Waals surface area contributed by atoms with Crippen LogP contribution in [0.15, 0.2) is 53.8 Å². The topological polar surface area (TPSA) is 57.6 Å². The average Bonchev–Trinajstić information content (AvgIpc) is 2.88. The molecule has 0 radical (unpaired) electrons. The van der Waals surface area contributed by atoms with E-state index >= 15 is 0 Å². The molecule has 2 aromatic carbocycles. The van der Waals surface area contributed by atoms with E-state index in [2.05, 4.69) is 0 Å². The summed E-state index contributed by atoms with van der Waals surface area (Å²) < 4.78 is 14.7. The molecule has 0 saturated heterocycles. The van der Waals surface area contributed by atoms with E-state index in [1.807, 2.05) is 0 Å². The lowest BCUT2D eigenvalue weighted by atomic mass is 9.82. The van der Waals surface area contributed by atoms with E-state index in [9.17, 15) is 19.1 Å². The van der Waals surface area contributed by atoms with Crippen LogP contribution in [0.3, 0.4) is 0 Å². The van der Waals surface area contributed by atoms with E-state index in [0.717, 1.165) is 4.90 Å². The third kappa shape index (κ3) is 3.40. The van der Waals surface area contributed by atoms with E-state index in [1.165, 1.54) is 18.2 Å². The van der Waals surface area contributed by atoms with Crippen LogP contribution in [0.25, 0.3) is 0 Å². The van der Waals surface area contributed by atoms with E-state index in [0.29, 0.717) is 10.6 Å². The first-order valence-electron chi connectivity index (χ1n) is 8.55.